The highest BCUT2D eigenvalue weighted by atomic mass is 16.3. The second kappa shape index (κ2) is 2.03. The minimum Gasteiger partial charge on any atom is -0.390 e. The Morgan fingerprint density at radius 3 is 1.62 bits per heavy atom. The summed E-state index contributed by atoms with van der Waals surface area (Å²) >= 11 is 0. The van der Waals surface area contributed by atoms with Crippen molar-refractivity contribution < 1.29 is 10.2 Å². The zero-order valence-corrected chi connectivity index (χ0v) is 5.04. The van der Waals surface area contributed by atoms with Gasteiger partial charge < -0.3 is 10.2 Å². The van der Waals surface area contributed by atoms with Gasteiger partial charge in [-0.05, 0) is 18.8 Å². The Bertz CT molecular complexity index is 72.6. The lowest BCUT2D eigenvalue weighted by Gasteiger charge is -2.03. The Morgan fingerprint density at radius 1 is 1.12 bits per heavy atom. The molecule has 2 nitrogen and oxygen atoms in total. The quantitative estimate of drug-likeness (QED) is 0.472. The summed E-state index contributed by atoms with van der Waals surface area (Å²) in [5, 5.41) is 17.8. The van der Waals surface area contributed by atoms with Crippen LogP contribution in [0.2, 0.25) is 0 Å². The Balaban J connectivity index is 2.39. The predicted molar refractivity (Wildman–Crippen MR) is 30.4 cm³/mol. The summed E-state index contributed by atoms with van der Waals surface area (Å²) in [6.07, 6.45) is 0.623. The van der Waals surface area contributed by atoms with Crippen LogP contribution in [-0.4, -0.2) is 22.4 Å². The molecule has 1 fully saturated rings. The van der Waals surface area contributed by atoms with E-state index < -0.39 is 12.2 Å². The van der Waals surface area contributed by atoms with Gasteiger partial charge in [0.15, 0.2) is 0 Å². The monoisotopic (exact) mass is 116 g/mol. The van der Waals surface area contributed by atoms with Crippen molar-refractivity contribution in [2.24, 2.45) is 5.92 Å². The largest absolute Gasteiger partial charge is 0.390 e. The van der Waals surface area contributed by atoms with Crippen LogP contribution in [0.5, 0.6) is 0 Å². The summed E-state index contributed by atoms with van der Waals surface area (Å²) < 4.78 is 0. The van der Waals surface area contributed by atoms with E-state index in [-0.39, 0.29) is 0 Å². The molecule has 1 rings (SSSR count). The maximum Gasteiger partial charge on any atom is 0.0801 e. The van der Waals surface area contributed by atoms with Crippen LogP contribution >= 0.6 is 0 Å². The van der Waals surface area contributed by atoms with Crippen molar-refractivity contribution in [3.63, 3.8) is 0 Å². The van der Waals surface area contributed by atoms with Crippen LogP contribution in [0.1, 0.15) is 19.8 Å². The van der Waals surface area contributed by atoms with Crippen LogP contribution in [0, 0.1) is 5.92 Å². The maximum atomic E-state index is 8.92. The van der Waals surface area contributed by atoms with Gasteiger partial charge in [-0.25, -0.2) is 0 Å². The van der Waals surface area contributed by atoms with Crippen LogP contribution in [0.3, 0.4) is 0 Å². The van der Waals surface area contributed by atoms with Crippen LogP contribution in [0.15, 0.2) is 0 Å². The van der Waals surface area contributed by atoms with Gasteiger partial charge in [-0.2, -0.15) is 0 Å². The zero-order valence-electron chi connectivity index (χ0n) is 5.04. The molecule has 0 aromatic carbocycles. The molecule has 0 aromatic heterocycles. The molecule has 0 aromatic rings. The van der Waals surface area contributed by atoms with Crippen molar-refractivity contribution in [1.29, 1.82) is 0 Å². The molecule has 2 heteroatoms. The molecule has 2 atom stereocenters. The van der Waals surface area contributed by atoms with Gasteiger partial charge in [0, 0.05) is 0 Å². The van der Waals surface area contributed by atoms with Crippen molar-refractivity contribution in [1.82, 2.24) is 0 Å². The highest BCUT2D eigenvalue weighted by Crippen LogP contribution is 2.24. The van der Waals surface area contributed by atoms with Crippen molar-refractivity contribution in [2.45, 2.75) is 32.0 Å². The molecule has 0 amide bonds. The summed E-state index contributed by atoms with van der Waals surface area (Å²) in [4.78, 5) is 0. The Hall–Kier alpha value is -0.0800. The zero-order chi connectivity index (χ0) is 6.15. The molecule has 0 aliphatic heterocycles. The van der Waals surface area contributed by atoms with E-state index in [4.69, 9.17) is 10.2 Å². The summed E-state index contributed by atoms with van der Waals surface area (Å²) in [7, 11) is 0. The summed E-state index contributed by atoms with van der Waals surface area (Å²) in [5.41, 5.74) is 0. The number of aliphatic hydroxyl groups is 2. The van der Waals surface area contributed by atoms with Crippen molar-refractivity contribution in [2.75, 3.05) is 0 Å². The van der Waals surface area contributed by atoms with Crippen molar-refractivity contribution >= 4 is 0 Å². The van der Waals surface area contributed by atoms with Crippen LogP contribution < -0.4 is 0 Å². The number of rotatable bonds is 0. The van der Waals surface area contributed by atoms with E-state index in [1.807, 2.05) is 6.92 Å². The van der Waals surface area contributed by atoms with Gasteiger partial charge in [-0.15, -0.1) is 0 Å². The second-order valence-corrected chi connectivity index (χ2v) is 2.71. The minimum atomic E-state index is -0.454. The van der Waals surface area contributed by atoms with Crippen molar-refractivity contribution in [3.8, 4) is 0 Å². The normalized spacial score (nSPS) is 47.6. The second-order valence-electron chi connectivity index (χ2n) is 2.71. The molecule has 0 heterocycles. The molecule has 1 saturated carbocycles. The molecule has 2 unspecified atom stereocenters. The predicted octanol–water partition coefficient (Wildman–Crippen LogP) is 0.138. The Labute approximate surface area is 49.1 Å². The smallest absolute Gasteiger partial charge is 0.0801 e. The van der Waals surface area contributed by atoms with E-state index in [0.717, 1.165) is 12.8 Å². The summed E-state index contributed by atoms with van der Waals surface area (Å²) in [6, 6.07) is 0. The first-order valence-electron chi connectivity index (χ1n) is 3.06. The number of hydrogen-bond donors (Lipinski definition) is 2. The number of hydrogen-bond acceptors (Lipinski definition) is 2. The number of aliphatic hydroxyl groups excluding tert-OH is 2. The van der Waals surface area contributed by atoms with Crippen LogP contribution in [-0.2, 0) is 0 Å². The minimum absolute atomic E-state index is 0.454. The fraction of sp³-hybridized carbons (Fsp3) is 1.00. The molecule has 48 valence electrons. The average Bonchev–Trinajstić information content (AvgIpc) is 1.85. The van der Waals surface area contributed by atoms with E-state index in [1.165, 1.54) is 0 Å². The Morgan fingerprint density at radius 2 is 1.50 bits per heavy atom. The first-order valence-corrected chi connectivity index (χ1v) is 3.06. The first kappa shape index (κ1) is 6.05. The molecule has 1 aliphatic carbocycles. The fourth-order valence-electron chi connectivity index (χ4n) is 1.23. The van der Waals surface area contributed by atoms with Gasteiger partial charge in [-0.3, -0.25) is 0 Å². The SMILES string of the molecule is CC1CC(O)C(O)C1. The Kier molecular flexibility index (Phi) is 1.54. The summed E-state index contributed by atoms with van der Waals surface area (Å²) in [6.45, 7) is 2.04. The van der Waals surface area contributed by atoms with E-state index in [9.17, 15) is 0 Å². The average molecular weight is 116 g/mol. The molecular weight excluding hydrogens is 104 g/mol. The topological polar surface area (TPSA) is 40.5 Å². The van der Waals surface area contributed by atoms with E-state index >= 15 is 0 Å². The third kappa shape index (κ3) is 1.01. The van der Waals surface area contributed by atoms with E-state index in [1.54, 1.807) is 0 Å². The van der Waals surface area contributed by atoms with Gasteiger partial charge in [0.05, 0.1) is 12.2 Å². The van der Waals surface area contributed by atoms with Gasteiger partial charge in [-0.1, -0.05) is 6.92 Å². The third-order valence-electron chi connectivity index (χ3n) is 1.73. The molecule has 2 N–H and O–H groups in total. The molecule has 0 spiro atoms. The molecule has 8 heavy (non-hydrogen) atoms. The van der Waals surface area contributed by atoms with Gasteiger partial charge in [0.1, 0.15) is 0 Å². The maximum absolute atomic E-state index is 8.92. The van der Waals surface area contributed by atoms with Gasteiger partial charge >= 0.3 is 0 Å². The van der Waals surface area contributed by atoms with E-state index in [2.05, 4.69) is 0 Å². The standard InChI is InChI=1S/C6H12O2/c1-4-2-5(7)6(8)3-4/h4-8H,2-3H2,1H3. The molecule has 0 saturated heterocycles. The van der Waals surface area contributed by atoms with Crippen LogP contribution in [0.4, 0.5) is 0 Å². The van der Waals surface area contributed by atoms with Crippen molar-refractivity contribution in [3.05, 3.63) is 0 Å². The molecule has 0 radical (unpaired) electrons. The van der Waals surface area contributed by atoms with Crippen LogP contribution in [0.25, 0.3) is 0 Å². The fourth-order valence-corrected chi connectivity index (χ4v) is 1.23. The van der Waals surface area contributed by atoms with Gasteiger partial charge in [0.2, 0.25) is 0 Å². The third-order valence-corrected chi connectivity index (χ3v) is 1.73. The first-order chi connectivity index (χ1) is 3.70. The molecule has 1 aliphatic rings. The molecular formula is C6H12O2. The van der Waals surface area contributed by atoms with E-state index in [0.29, 0.717) is 5.92 Å². The lowest BCUT2D eigenvalue weighted by Crippen LogP contribution is -2.17. The van der Waals surface area contributed by atoms with Gasteiger partial charge in [0.25, 0.3) is 0 Å². The lowest BCUT2D eigenvalue weighted by atomic mass is 10.1. The highest BCUT2D eigenvalue weighted by Gasteiger charge is 2.27. The molecule has 0 bridgehead atoms. The highest BCUT2D eigenvalue weighted by molar-refractivity contribution is 4.79. The lowest BCUT2D eigenvalue weighted by molar-refractivity contribution is 0.0438. The summed E-state index contributed by atoms with van der Waals surface area (Å²) in [5.74, 6) is 0.500.